The lowest BCUT2D eigenvalue weighted by Crippen LogP contribution is -2.62. The van der Waals surface area contributed by atoms with Crippen LogP contribution in [-0.4, -0.2) is 82.3 Å². The van der Waals surface area contributed by atoms with Gasteiger partial charge in [0.15, 0.2) is 22.2 Å². The number of carbonyl (C=O) groups is 3. The molecule has 0 unspecified atom stereocenters. The van der Waals surface area contributed by atoms with Gasteiger partial charge in [-0.25, -0.2) is 8.42 Å². The first kappa shape index (κ1) is 38.3. The van der Waals surface area contributed by atoms with E-state index in [1.807, 2.05) is 37.2 Å². The van der Waals surface area contributed by atoms with E-state index in [1.54, 1.807) is 37.3 Å². The summed E-state index contributed by atoms with van der Waals surface area (Å²) in [5.41, 5.74) is 2.49. The van der Waals surface area contributed by atoms with Crippen molar-refractivity contribution in [2.45, 2.75) is 35.9 Å². The number of amides is 1. The fourth-order valence-corrected chi connectivity index (χ4v) is 9.34. The van der Waals surface area contributed by atoms with Crippen LogP contribution in [0.4, 0.5) is 22.7 Å². The smallest absolute Gasteiger partial charge is 0.261 e. The number of nitrogens with zero attached hydrogens (tertiary/aromatic N) is 1. The van der Waals surface area contributed by atoms with E-state index in [9.17, 15) is 48.3 Å². The van der Waals surface area contributed by atoms with Crippen molar-refractivity contribution < 1.29 is 48.3 Å². The average Bonchev–Trinajstić information content (AvgIpc) is 3.14. The number of phenolic OH excluding ortho intramolecular Hbond substituents is 1. The van der Waals surface area contributed by atoms with Crippen LogP contribution in [0.3, 0.4) is 0 Å². The highest BCUT2D eigenvalue weighted by molar-refractivity contribution is 7.92. The number of anilines is 4. The molecule has 5 atom stereocenters. The van der Waals surface area contributed by atoms with Crippen LogP contribution in [-0.2, 0) is 19.6 Å². The molecule has 0 aromatic heterocycles. The molecule has 3 aliphatic carbocycles. The Hall–Kier alpha value is -6.01. The highest BCUT2D eigenvalue weighted by atomic mass is 32.2. The number of aliphatic hydroxyl groups is 4. The summed E-state index contributed by atoms with van der Waals surface area (Å²) in [6.45, 7) is 1.62. The first-order chi connectivity index (χ1) is 26.4. The zero-order valence-corrected chi connectivity index (χ0v) is 31.7. The molecule has 0 aliphatic heterocycles. The molecular weight excluding hydrogens is 763 g/mol. The summed E-state index contributed by atoms with van der Waals surface area (Å²) in [7, 11) is -0.121. The van der Waals surface area contributed by atoms with Gasteiger partial charge in [0.1, 0.15) is 17.1 Å². The van der Waals surface area contributed by atoms with Crippen molar-refractivity contribution >= 4 is 78.3 Å². The van der Waals surface area contributed by atoms with Crippen LogP contribution in [0, 0.1) is 11.8 Å². The summed E-state index contributed by atoms with van der Waals surface area (Å²) in [4.78, 5) is 41.3. The number of fused-ring (bicyclic) bond motifs is 4. The van der Waals surface area contributed by atoms with Gasteiger partial charge in [-0.1, -0.05) is 31.2 Å². The average molecular weight is 800 g/mol. The molecule has 0 spiro atoms. The number of nitrogens with two attached hydrogens (primary N) is 1. The van der Waals surface area contributed by atoms with Crippen molar-refractivity contribution in [3.05, 3.63) is 107 Å². The lowest BCUT2D eigenvalue weighted by Gasteiger charge is -2.50. The van der Waals surface area contributed by atoms with Gasteiger partial charge in [-0.2, -0.15) is 0 Å². The molecule has 10 N–H and O–H groups in total. The van der Waals surface area contributed by atoms with Gasteiger partial charge in [0.2, 0.25) is 5.78 Å². The second-order valence-corrected chi connectivity index (χ2v) is 16.3. The maximum atomic E-state index is 14.0. The van der Waals surface area contributed by atoms with Crippen LogP contribution < -0.4 is 26.0 Å². The SMILES string of the molecule is C[C@H]1c2ccc(NC(=S)Nc3ccc(NS(=O)(=O)c4ccc5c(N(C)C)cccc5c4)cc3)c(O)c2C(=O)C2=C(O)[C@]3(O)C(=O)C(C(N)=O)=C(O)C[C@@H]3[C@@H](O)[C@@H]21. The molecular formula is C39H37N5O10S2. The van der Waals surface area contributed by atoms with Crippen molar-refractivity contribution in [2.75, 3.05) is 34.4 Å². The number of hydrogen-bond donors (Lipinski definition) is 9. The lowest BCUT2D eigenvalue weighted by molar-refractivity contribution is -0.154. The molecule has 15 nitrogen and oxygen atoms in total. The van der Waals surface area contributed by atoms with Crippen LogP contribution in [0.25, 0.3) is 10.8 Å². The number of aliphatic hydroxyl groups excluding tert-OH is 3. The molecule has 0 radical (unpaired) electrons. The topological polar surface area (TPSA) is 252 Å². The third kappa shape index (κ3) is 5.99. The monoisotopic (exact) mass is 799 g/mol. The van der Waals surface area contributed by atoms with Gasteiger partial charge in [-0.05, 0) is 77.6 Å². The van der Waals surface area contributed by atoms with Gasteiger partial charge in [-0.3, -0.25) is 19.1 Å². The Morgan fingerprint density at radius 3 is 2.30 bits per heavy atom. The number of ketones is 2. The van der Waals surface area contributed by atoms with Crippen molar-refractivity contribution in [2.24, 2.45) is 17.6 Å². The molecule has 17 heteroatoms. The molecule has 0 fully saturated rings. The van der Waals surface area contributed by atoms with E-state index in [2.05, 4.69) is 15.4 Å². The number of phenols is 1. The number of primary amides is 1. The molecule has 0 saturated heterocycles. The van der Waals surface area contributed by atoms with Gasteiger partial charge in [0.25, 0.3) is 15.9 Å². The number of aromatic hydroxyl groups is 1. The van der Waals surface area contributed by atoms with E-state index >= 15 is 0 Å². The largest absolute Gasteiger partial charge is 0.511 e. The second-order valence-electron chi connectivity index (χ2n) is 14.2. The maximum absolute atomic E-state index is 14.0. The summed E-state index contributed by atoms with van der Waals surface area (Å²) in [6.07, 6.45) is -2.23. The van der Waals surface area contributed by atoms with Crippen molar-refractivity contribution in [3.8, 4) is 5.75 Å². The molecule has 7 rings (SSSR count). The van der Waals surface area contributed by atoms with Crippen LogP contribution in [0.5, 0.6) is 5.75 Å². The van der Waals surface area contributed by atoms with Crippen LogP contribution in [0.1, 0.15) is 35.2 Å². The van der Waals surface area contributed by atoms with Crippen LogP contribution in [0.15, 0.2) is 100 Å². The fraction of sp³-hybridized carbons (Fsp3) is 0.231. The number of hydrogen-bond acceptors (Lipinski definition) is 12. The minimum Gasteiger partial charge on any atom is -0.511 e. The molecule has 3 aliphatic rings. The number of benzene rings is 4. The third-order valence-electron chi connectivity index (χ3n) is 10.8. The first-order valence-corrected chi connectivity index (χ1v) is 19.2. The quantitative estimate of drug-likeness (QED) is 0.0730. The second kappa shape index (κ2) is 13.6. The van der Waals surface area contributed by atoms with E-state index in [-0.39, 0.29) is 26.9 Å². The zero-order valence-electron chi connectivity index (χ0n) is 30.1. The van der Waals surface area contributed by atoms with Gasteiger partial charge in [-0.15, -0.1) is 0 Å². The minimum absolute atomic E-state index is 0.0247. The highest BCUT2D eigenvalue weighted by Crippen LogP contribution is 2.55. The van der Waals surface area contributed by atoms with E-state index in [1.165, 1.54) is 24.3 Å². The number of thiocarbonyl (C=S) groups is 1. The van der Waals surface area contributed by atoms with Crippen molar-refractivity contribution in [1.82, 2.24) is 0 Å². The Morgan fingerprint density at radius 1 is 0.964 bits per heavy atom. The van der Waals surface area contributed by atoms with Gasteiger partial charge >= 0.3 is 0 Å². The Bertz CT molecular complexity index is 2570. The number of sulfonamides is 1. The Morgan fingerprint density at radius 2 is 1.64 bits per heavy atom. The highest BCUT2D eigenvalue weighted by Gasteiger charge is 2.64. The number of rotatable bonds is 7. The molecule has 0 heterocycles. The van der Waals surface area contributed by atoms with Crippen molar-refractivity contribution in [3.63, 3.8) is 0 Å². The van der Waals surface area contributed by atoms with Crippen molar-refractivity contribution in [1.29, 1.82) is 0 Å². The summed E-state index contributed by atoms with van der Waals surface area (Å²) in [6, 6.07) is 19.7. The minimum atomic E-state index is -3.94. The lowest BCUT2D eigenvalue weighted by atomic mass is 9.56. The molecule has 290 valence electrons. The van der Waals surface area contributed by atoms with E-state index in [0.29, 0.717) is 11.3 Å². The zero-order chi connectivity index (χ0) is 40.6. The molecule has 4 aromatic carbocycles. The number of Topliss-reactive ketones (excluding diaryl/α,β-unsaturated/α-hetero) is 2. The molecule has 4 aromatic rings. The van der Waals surface area contributed by atoms with Crippen LogP contribution in [0.2, 0.25) is 0 Å². The Balaban J connectivity index is 1.09. The first-order valence-electron chi connectivity index (χ1n) is 17.3. The maximum Gasteiger partial charge on any atom is 0.261 e. The predicted molar refractivity (Wildman–Crippen MR) is 212 cm³/mol. The Labute approximate surface area is 325 Å². The number of allylic oxidation sites excluding steroid dienone is 1. The van der Waals surface area contributed by atoms with E-state index in [4.69, 9.17) is 18.0 Å². The van der Waals surface area contributed by atoms with Gasteiger partial charge in [0, 0.05) is 60.4 Å². The summed E-state index contributed by atoms with van der Waals surface area (Å²) < 4.78 is 29.1. The Kier molecular flexibility index (Phi) is 9.31. The summed E-state index contributed by atoms with van der Waals surface area (Å²) >= 11 is 5.44. The summed E-state index contributed by atoms with van der Waals surface area (Å²) in [5.74, 6) is -9.67. The van der Waals surface area contributed by atoms with Gasteiger partial charge in [0.05, 0.1) is 22.3 Å². The normalized spacial score (nSPS) is 23.2. The molecule has 0 bridgehead atoms. The van der Waals surface area contributed by atoms with Crippen LogP contribution >= 0.6 is 12.2 Å². The van der Waals surface area contributed by atoms with E-state index < -0.39 is 91.8 Å². The predicted octanol–water partition coefficient (Wildman–Crippen LogP) is 3.94. The number of nitrogens with one attached hydrogen (secondary N) is 3. The molecule has 56 heavy (non-hydrogen) atoms. The third-order valence-corrected chi connectivity index (χ3v) is 12.3. The molecule has 1 amide bonds. The standard InChI is InChI=1S/C39H37N5O10S2/c1-17-22-13-14-25(33(47)29(22)34(48)31-28(17)32(46)24-16-27(45)30(37(40)51)35(49)39(24,52)36(31)50)42-38(55)41-19-7-9-20(10-8-19)43-56(53,54)21-11-12-23-18(15-21)5-4-6-26(23)44(2)3/h4-15,17,24,28,32,43,45-47,50,52H,16H2,1-3H3,(H2,40,51)(H2,41,42,55)/t17-,24+,28+,32+,39+/m0/s1. The molecule has 0 saturated carbocycles. The van der Waals surface area contributed by atoms with E-state index in [0.717, 1.165) is 16.5 Å². The summed E-state index contributed by atoms with van der Waals surface area (Å²) in [5, 5.41) is 63.5. The fourth-order valence-electron chi connectivity index (χ4n) is 8.02. The number of carbonyl (C=O) groups excluding carboxylic acids is 3. The van der Waals surface area contributed by atoms with Gasteiger partial charge < -0.3 is 46.8 Å².